The number of hydrogen-bond acceptors (Lipinski definition) is 7. The number of nitro groups is 1. The van der Waals surface area contributed by atoms with E-state index in [0.29, 0.717) is 18.8 Å². The number of nitrogens with one attached hydrogen (secondary N) is 2. The number of anilines is 1. The monoisotopic (exact) mass is 475 g/mol. The van der Waals surface area contributed by atoms with E-state index >= 15 is 0 Å². The Labute approximate surface area is 196 Å². The molecule has 2 aromatic carbocycles. The standard InChI is InChI=1S/C23H33N5O4S/c1-26(2)15-12-25-33(31,32)21-10-11-22(23(16-21)28(29)30)24-17-19-8-4-5-9-20(19)18-27-13-6-3-7-14-27/h4-5,8-11,16,24-25H,3,6-7,12-15,17-18H2,1-2H3. The van der Waals surface area contributed by atoms with Gasteiger partial charge in [-0.25, -0.2) is 13.1 Å². The van der Waals surface area contributed by atoms with Gasteiger partial charge in [-0.2, -0.15) is 0 Å². The number of rotatable bonds is 11. The summed E-state index contributed by atoms with van der Waals surface area (Å²) in [5.74, 6) is 0. The summed E-state index contributed by atoms with van der Waals surface area (Å²) in [6.45, 7) is 4.19. The Bertz CT molecular complexity index is 1050. The van der Waals surface area contributed by atoms with Gasteiger partial charge in [0, 0.05) is 32.2 Å². The van der Waals surface area contributed by atoms with Crippen LogP contribution in [0.4, 0.5) is 11.4 Å². The van der Waals surface area contributed by atoms with E-state index < -0.39 is 14.9 Å². The topological polar surface area (TPSA) is 108 Å². The minimum absolute atomic E-state index is 0.121. The second-order valence-corrected chi connectivity index (χ2v) is 10.4. The fraction of sp³-hybridized carbons (Fsp3) is 0.478. The van der Waals surface area contributed by atoms with Gasteiger partial charge in [0.1, 0.15) is 5.69 Å². The SMILES string of the molecule is CN(C)CCNS(=O)(=O)c1ccc(NCc2ccccc2CN2CCCCC2)c([N+](=O)[O-])c1. The quantitative estimate of drug-likeness (QED) is 0.380. The maximum absolute atomic E-state index is 12.5. The molecule has 9 nitrogen and oxygen atoms in total. The minimum atomic E-state index is -3.83. The molecular formula is C23H33N5O4S. The van der Waals surface area contributed by atoms with Gasteiger partial charge < -0.3 is 10.2 Å². The number of nitro benzene ring substituents is 1. The molecule has 1 aliphatic rings. The number of piperidine rings is 1. The fourth-order valence-electron chi connectivity index (χ4n) is 3.90. The van der Waals surface area contributed by atoms with Crippen molar-refractivity contribution in [1.29, 1.82) is 0 Å². The van der Waals surface area contributed by atoms with Crippen LogP contribution in [-0.4, -0.2) is 63.4 Å². The van der Waals surface area contributed by atoms with Crippen molar-refractivity contribution < 1.29 is 13.3 Å². The molecule has 0 amide bonds. The summed E-state index contributed by atoms with van der Waals surface area (Å²) < 4.78 is 27.6. The van der Waals surface area contributed by atoms with Crippen LogP contribution in [0, 0.1) is 10.1 Å². The first-order chi connectivity index (χ1) is 15.8. The predicted molar refractivity (Wildman–Crippen MR) is 130 cm³/mol. The van der Waals surface area contributed by atoms with E-state index in [1.54, 1.807) is 0 Å². The largest absolute Gasteiger partial charge is 0.375 e. The number of benzene rings is 2. The van der Waals surface area contributed by atoms with Crippen LogP contribution >= 0.6 is 0 Å². The van der Waals surface area contributed by atoms with Gasteiger partial charge in [-0.3, -0.25) is 15.0 Å². The summed E-state index contributed by atoms with van der Waals surface area (Å²) in [5, 5.41) is 14.8. The van der Waals surface area contributed by atoms with Crippen molar-refractivity contribution in [3.63, 3.8) is 0 Å². The van der Waals surface area contributed by atoms with E-state index in [9.17, 15) is 18.5 Å². The second kappa shape index (κ2) is 11.6. The highest BCUT2D eigenvalue weighted by Crippen LogP contribution is 2.28. The summed E-state index contributed by atoms with van der Waals surface area (Å²) in [6, 6.07) is 12.0. The smallest absolute Gasteiger partial charge is 0.293 e. The highest BCUT2D eigenvalue weighted by molar-refractivity contribution is 7.89. The molecule has 33 heavy (non-hydrogen) atoms. The first kappa shape index (κ1) is 25.1. The first-order valence-corrected chi connectivity index (χ1v) is 12.7. The van der Waals surface area contributed by atoms with Gasteiger partial charge in [-0.1, -0.05) is 30.7 Å². The third kappa shape index (κ3) is 7.23. The zero-order chi connectivity index (χ0) is 23.8. The first-order valence-electron chi connectivity index (χ1n) is 11.2. The average molecular weight is 476 g/mol. The predicted octanol–water partition coefficient (Wildman–Crippen LogP) is 3.03. The number of likely N-dealkylation sites (tertiary alicyclic amines) is 1. The number of likely N-dealkylation sites (N-methyl/N-ethyl adjacent to an activating group) is 1. The van der Waals surface area contributed by atoms with Gasteiger partial charge in [0.15, 0.2) is 0 Å². The van der Waals surface area contributed by atoms with Gasteiger partial charge >= 0.3 is 0 Å². The molecule has 10 heteroatoms. The summed E-state index contributed by atoms with van der Waals surface area (Å²) in [6.07, 6.45) is 3.71. The highest BCUT2D eigenvalue weighted by atomic mass is 32.2. The summed E-state index contributed by atoms with van der Waals surface area (Å²) in [5.41, 5.74) is 2.29. The molecule has 1 fully saturated rings. The molecule has 0 saturated carbocycles. The average Bonchev–Trinajstić information content (AvgIpc) is 2.78. The molecule has 0 radical (unpaired) electrons. The number of hydrogen-bond donors (Lipinski definition) is 2. The van der Waals surface area contributed by atoms with Gasteiger partial charge in [-0.15, -0.1) is 0 Å². The van der Waals surface area contributed by atoms with Crippen LogP contribution in [0.1, 0.15) is 30.4 Å². The number of nitrogens with zero attached hydrogens (tertiary/aromatic N) is 3. The molecule has 0 atom stereocenters. The zero-order valence-corrected chi connectivity index (χ0v) is 20.1. The summed E-state index contributed by atoms with van der Waals surface area (Å²) >= 11 is 0. The lowest BCUT2D eigenvalue weighted by Gasteiger charge is -2.27. The van der Waals surface area contributed by atoms with Crippen molar-refractivity contribution in [2.75, 3.05) is 45.6 Å². The van der Waals surface area contributed by atoms with Crippen LogP contribution in [0.3, 0.4) is 0 Å². The Morgan fingerprint density at radius 1 is 1.06 bits per heavy atom. The van der Waals surface area contributed by atoms with Crippen molar-refractivity contribution in [3.8, 4) is 0 Å². The van der Waals surface area contributed by atoms with Gasteiger partial charge in [-0.05, 0) is 63.3 Å². The Hall–Kier alpha value is -2.53. The molecule has 0 bridgehead atoms. The van der Waals surface area contributed by atoms with E-state index in [4.69, 9.17) is 0 Å². The van der Waals surface area contributed by atoms with E-state index in [-0.39, 0.29) is 17.1 Å². The van der Waals surface area contributed by atoms with E-state index in [2.05, 4.69) is 21.0 Å². The maximum Gasteiger partial charge on any atom is 0.293 e. The Morgan fingerprint density at radius 3 is 2.42 bits per heavy atom. The van der Waals surface area contributed by atoms with Gasteiger partial charge in [0.2, 0.25) is 10.0 Å². The normalized spacial score (nSPS) is 15.0. The molecule has 0 unspecified atom stereocenters. The van der Waals surface area contributed by atoms with Crippen LogP contribution in [0.5, 0.6) is 0 Å². The van der Waals surface area contributed by atoms with E-state index in [0.717, 1.165) is 31.3 Å². The Balaban J connectivity index is 1.73. The third-order valence-corrected chi connectivity index (χ3v) is 7.22. The van der Waals surface area contributed by atoms with Gasteiger partial charge in [0.25, 0.3) is 5.69 Å². The molecule has 0 aromatic heterocycles. The van der Waals surface area contributed by atoms with Crippen LogP contribution < -0.4 is 10.0 Å². The maximum atomic E-state index is 12.5. The molecule has 1 heterocycles. The molecule has 1 aliphatic heterocycles. The Morgan fingerprint density at radius 2 is 1.76 bits per heavy atom. The lowest BCUT2D eigenvalue weighted by Crippen LogP contribution is -2.31. The van der Waals surface area contributed by atoms with Crippen molar-refractivity contribution in [1.82, 2.24) is 14.5 Å². The molecular weight excluding hydrogens is 442 g/mol. The molecule has 0 aliphatic carbocycles. The van der Waals surface area contributed by atoms with Crippen LogP contribution in [0.15, 0.2) is 47.4 Å². The molecule has 1 saturated heterocycles. The molecule has 180 valence electrons. The summed E-state index contributed by atoms with van der Waals surface area (Å²) in [7, 11) is -0.158. The molecule has 2 N–H and O–H groups in total. The lowest BCUT2D eigenvalue weighted by molar-refractivity contribution is -0.384. The van der Waals surface area contributed by atoms with Crippen LogP contribution in [-0.2, 0) is 23.1 Å². The minimum Gasteiger partial charge on any atom is -0.375 e. The molecule has 0 spiro atoms. The molecule has 3 rings (SSSR count). The van der Waals surface area contributed by atoms with Crippen molar-refractivity contribution >= 4 is 21.4 Å². The van der Waals surface area contributed by atoms with Crippen LogP contribution in [0.2, 0.25) is 0 Å². The zero-order valence-electron chi connectivity index (χ0n) is 19.3. The third-order valence-electron chi connectivity index (χ3n) is 5.76. The van der Waals surface area contributed by atoms with Crippen molar-refractivity contribution in [2.24, 2.45) is 0 Å². The Kier molecular flexibility index (Phi) is 8.79. The second-order valence-electron chi connectivity index (χ2n) is 8.60. The van der Waals surface area contributed by atoms with Gasteiger partial charge in [0.05, 0.1) is 9.82 Å². The summed E-state index contributed by atoms with van der Waals surface area (Å²) in [4.78, 5) is 15.3. The lowest BCUT2D eigenvalue weighted by atomic mass is 10.0. The van der Waals surface area contributed by atoms with Crippen molar-refractivity contribution in [3.05, 3.63) is 63.7 Å². The van der Waals surface area contributed by atoms with Crippen molar-refractivity contribution in [2.45, 2.75) is 37.2 Å². The number of sulfonamides is 1. The highest BCUT2D eigenvalue weighted by Gasteiger charge is 2.21. The van der Waals surface area contributed by atoms with E-state index in [1.165, 1.54) is 37.0 Å². The fourth-order valence-corrected chi connectivity index (χ4v) is 4.94. The molecule has 2 aromatic rings. The van der Waals surface area contributed by atoms with E-state index in [1.807, 2.05) is 37.2 Å². The van der Waals surface area contributed by atoms with Crippen LogP contribution in [0.25, 0.3) is 0 Å².